The molecule has 0 aromatic heterocycles. The second kappa shape index (κ2) is 46.6. The lowest BCUT2D eigenvalue weighted by Crippen LogP contribution is -2.60. The van der Waals surface area contributed by atoms with E-state index in [2.05, 4.69) is 43.5 Å². The SMILES string of the molecule is CCCCCC/C=C\CCCCCCCCC(O)C(=O)NC(COC1OC(CO)C(O)C(O)C1O)C(O)C(O)CCC/C=C/CCCCCCCCCCCCCCCCCCCCCCCC. The molecule has 0 aromatic carbocycles. The van der Waals surface area contributed by atoms with Crippen LogP contribution in [0.2, 0.25) is 0 Å². The monoisotopic (exact) mass is 968 g/mol. The van der Waals surface area contributed by atoms with Crippen molar-refractivity contribution < 1.29 is 50.0 Å². The van der Waals surface area contributed by atoms with Crippen molar-refractivity contribution in [1.82, 2.24) is 5.32 Å². The standard InChI is InChI=1S/C57H109NO10/c1-3-5-7-9-11-13-15-17-19-20-21-22-23-24-25-26-27-28-29-30-31-33-34-36-38-40-42-44-49(60)52(62)48(47-67-57-55(65)54(64)53(63)51(46-59)68-57)58-56(66)50(61)45-43-41-39-37-35-32-18-16-14-12-10-8-6-4-2/h14,16,36,38,48-55,57,59-65H,3-13,15,17-35,37,39-47H2,1-2H3,(H,58,66)/b16-14-,38-36+. The van der Waals surface area contributed by atoms with Gasteiger partial charge in [-0.15, -0.1) is 0 Å². The summed E-state index contributed by atoms with van der Waals surface area (Å²) in [6.45, 7) is 3.44. The molecule has 0 aliphatic carbocycles. The average molecular weight is 968 g/mol. The molecule has 1 fully saturated rings. The molecule has 0 bridgehead atoms. The molecule has 0 saturated carbocycles. The molecule has 1 aliphatic heterocycles. The molecule has 1 aliphatic rings. The zero-order chi connectivity index (χ0) is 49.7. The lowest BCUT2D eigenvalue weighted by atomic mass is 9.98. The van der Waals surface area contributed by atoms with Gasteiger partial charge >= 0.3 is 0 Å². The summed E-state index contributed by atoms with van der Waals surface area (Å²) in [5.74, 6) is -0.710. The van der Waals surface area contributed by atoms with E-state index < -0.39 is 74.2 Å². The van der Waals surface area contributed by atoms with Crippen molar-refractivity contribution in [3.05, 3.63) is 24.3 Å². The number of unbranched alkanes of at least 4 members (excludes halogenated alkanes) is 33. The Labute approximate surface area is 416 Å². The molecule has 1 rings (SSSR count). The first-order chi connectivity index (χ1) is 33.2. The number of carbonyl (C=O) groups is 1. The molecule has 1 amide bonds. The van der Waals surface area contributed by atoms with Crippen molar-refractivity contribution in [3.63, 3.8) is 0 Å². The van der Waals surface area contributed by atoms with Gasteiger partial charge in [0.05, 0.1) is 25.4 Å². The third-order valence-electron chi connectivity index (χ3n) is 14.0. The molecule has 9 atom stereocenters. The zero-order valence-electron chi connectivity index (χ0n) is 43.9. The summed E-state index contributed by atoms with van der Waals surface area (Å²) >= 11 is 0. The molecule has 8 N–H and O–H groups in total. The number of ether oxygens (including phenoxy) is 2. The van der Waals surface area contributed by atoms with Crippen LogP contribution in [0.5, 0.6) is 0 Å². The van der Waals surface area contributed by atoms with Crippen LogP contribution >= 0.6 is 0 Å². The lowest BCUT2D eigenvalue weighted by Gasteiger charge is -2.40. The van der Waals surface area contributed by atoms with Crippen molar-refractivity contribution >= 4 is 5.91 Å². The van der Waals surface area contributed by atoms with Crippen molar-refractivity contribution in [2.75, 3.05) is 13.2 Å². The van der Waals surface area contributed by atoms with Gasteiger partial charge in [-0.3, -0.25) is 4.79 Å². The van der Waals surface area contributed by atoms with E-state index in [9.17, 15) is 40.5 Å². The van der Waals surface area contributed by atoms with Crippen molar-refractivity contribution in [2.24, 2.45) is 0 Å². The van der Waals surface area contributed by atoms with Gasteiger partial charge in [0, 0.05) is 0 Å². The molecular weight excluding hydrogens is 859 g/mol. The minimum Gasteiger partial charge on any atom is -0.394 e. The number of carbonyl (C=O) groups excluding carboxylic acids is 1. The summed E-state index contributed by atoms with van der Waals surface area (Å²) < 4.78 is 11.1. The summed E-state index contributed by atoms with van der Waals surface area (Å²) in [5.41, 5.74) is 0. The first-order valence-electron chi connectivity index (χ1n) is 28.7. The topological polar surface area (TPSA) is 189 Å². The van der Waals surface area contributed by atoms with Gasteiger partial charge in [0.15, 0.2) is 6.29 Å². The Morgan fingerprint density at radius 3 is 1.28 bits per heavy atom. The summed E-state index contributed by atoms with van der Waals surface area (Å²) in [5, 5.41) is 76.0. The van der Waals surface area contributed by atoms with Gasteiger partial charge in [0.25, 0.3) is 0 Å². The van der Waals surface area contributed by atoms with E-state index in [4.69, 9.17) is 9.47 Å². The summed E-state index contributed by atoms with van der Waals surface area (Å²) in [6, 6.07) is -1.19. The first kappa shape index (κ1) is 64.6. The molecule has 0 aromatic rings. The maximum absolute atomic E-state index is 13.1. The second-order valence-corrected chi connectivity index (χ2v) is 20.4. The van der Waals surface area contributed by atoms with Crippen molar-refractivity contribution in [3.8, 4) is 0 Å². The van der Waals surface area contributed by atoms with E-state index >= 15 is 0 Å². The van der Waals surface area contributed by atoms with Crippen LogP contribution in [0.3, 0.4) is 0 Å². The smallest absolute Gasteiger partial charge is 0.249 e. The Kier molecular flexibility index (Phi) is 44.3. The molecular formula is C57H109NO10. The molecule has 68 heavy (non-hydrogen) atoms. The number of allylic oxidation sites excluding steroid dienone is 4. The summed E-state index contributed by atoms with van der Waals surface area (Å²) in [6.07, 6.45) is 43.9. The molecule has 1 saturated heterocycles. The number of nitrogens with one attached hydrogen (secondary N) is 1. The third kappa shape index (κ3) is 34.8. The van der Waals surface area contributed by atoms with E-state index in [1.54, 1.807) is 0 Å². The number of hydrogen-bond donors (Lipinski definition) is 8. The highest BCUT2D eigenvalue weighted by Gasteiger charge is 2.44. The van der Waals surface area contributed by atoms with Crippen LogP contribution in [0.4, 0.5) is 0 Å². The average Bonchev–Trinajstić information content (AvgIpc) is 3.34. The van der Waals surface area contributed by atoms with Crippen LogP contribution in [0.25, 0.3) is 0 Å². The predicted molar refractivity (Wildman–Crippen MR) is 279 cm³/mol. The van der Waals surface area contributed by atoms with Gasteiger partial charge in [-0.25, -0.2) is 0 Å². The van der Waals surface area contributed by atoms with Gasteiger partial charge in [-0.2, -0.15) is 0 Å². The fourth-order valence-electron chi connectivity index (χ4n) is 9.26. The maximum atomic E-state index is 13.1. The van der Waals surface area contributed by atoms with Crippen molar-refractivity contribution in [1.29, 1.82) is 0 Å². The molecule has 0 spiro atoms. The fraction of sp³-hybridized carbons (Fsp3) is 0.912. The molecule has 11 heteroatoms. The Hall–Kier alpha value is -1.41. The largest absolute Gasteiger partial charge is 0.394 e. The van der Waals surface area contributed by atoms with Crippen LogP contribution in [0.15, 0.2) is 24.3 Å². The Morgan fingerprint density at radius 2 is 0.868 bits per heavy atom. The summed E-state index contributed by atoms with van der Waals surface area (Å²) in [4.78, 5) is 13.1. The maximum Gasteiger partial charge on any atom is 0.249 e. The zero-order valence-corrected chi connectivity index (χ0v) is 43.9. The summed E-state index contributed by atoms with van der Waals surface area (Å²) in [7, 11) is 0. The highest BCUT2D eigenvalue weighted by atomic mass is 16.7. The van der Waals surface area contributed by atoms with Crippen LogP contribution in [0, 0.1) is 0 Å². The highest BCUT2D eigenvalue weighted by molar-refractivity contribution is 5.80. The quantitative estimate of drug-likeness (QED) is 0.0215. The number of hydrogen-bond acceptors (Lipinski definition) is 10. The minimum atomic E-state index is -1.67. The van der Waals surface area contributed by atoms with Gasteiger partial charge in [0.1, 0.15) is 36.6 Å². The number of aliphatic hydroxyl groups is 7. The van der Waals surface area contributed by atoms with E-state index in [-0.39, 0.29) is 12.8 Å². The molecule has 9 unspecified atom stereocenters. The molecule has 11 nitrogen and oxygen atoms in total. The number of aliphatic hydroxyl groups excluding tert-OH is 7. The second-order valence-electron chi connectivity index (χ2n) is 20.4. The van der Waals surface area contributed by atoms with Gasteiger partial charge in [0.2, 0.25) is 5.91 Å². The van der Waals surface area contributed by atoms with Crippen LogP contribution in [0.1, 0.15) is 264 Å². The van der Waals surface area contributed by atoms with E-state index in [0.29, 0.717) is 12.8 Å². The van der Waals surface area contributed by atoms with Gasteiger partial charge in [-0.05, 0) is 64.2 Å². The minimum absolute atomic E-state index is 0.248. The highest BCUT2D eigenvalue weighted by Crippen LogP contribution is 2.23. The van der Waals surface area contributed by atoms with E-state index in [1.165, 1.54) is 167 Å². The molecule has 0 radical (unpaired) electrons. The predicted octanol–water partition coefficient (Wildman–Crippen LogP) is 11.7. The third-order valence-corrected chi connectivity index (χ3v) is 14.0. The van der Waals surface area contributed by atoms with Gasteiger partial charge in [-0.1, -0.05) is 224 Å². The van der Waals surface area contributed by atoms with Crippen LogP contribution in [-0.4, -0.2) is 110 Å². The Morgan fingerprint density at radius 1 is 0.500 bits per heavy atom. The van der Waals surface area contributed by atoms with E-state index in [1.807, 2.05) is 0 Å². The number of amides is 1. The molecule has 1 heterocycles. The van der Waals surface area contributed by atoms with Gasteiger partial charge < -0.3 is 50.5 Å². The first-order valence-corrected chi connectivity index (χ1v) is 28.7. The fourth-order valence-corrected chi connectivity index (χ4v) is 9.26. The molecule has 402 valence electrons. The Balaban J connectivity index is 2.29. The van der Waals surface area contributed by atoms with Crippen molar-refractivity contribution in [2.45, 2.75) is 319 Å². The van der Waals surface area contributed by atoms with Crippen LogP contribution in [-0.2, 0) is 14.3 Å². The normalized spacial score (nSPS) is 20.6. The Bertz CT molecular complexity index is 1160. The number of rotatable bonds is 49. The van der Waals surface area contributed by atoms with E-state index in [0.717, 1.165) is 57.8 Å². The lowest BCUT2D eigenvalue weighted by molar-refractivity contribution is -0.303. The van der Waals surface area contributed by atoms with Crippen LogP contribution < -0.4 is 5.32 Å².